The molecular formula is C19H21Br2NO2. The van der Waals surface area contributed by atoms with Crippen LogP contribution in [0.5, 0.6) is 5.75 Å². The van der Waals surface area contributed by atoms with Crippen LogP contribution in [0.25, 0.3) is 0 Å². The van der Waals surface area contributed by atoms with E-state index in [0.717, 1.165) is 38.0 Å². The third kappa shape index (κ3) is 4.39. The second-order valence-electron chi connectivity index (χ2n) is 6.45. The average molecular weight is 455 g/mol. The van der Waals surface area contributed by atoms with Crippen molar-refractivity contribution in [1.82, 2.24) is 4.90 Å². The molecule has 1 heterocycles. The van der Waals surface area contributed by atoms with Crippen molar-refractivity contribution in [2.45, 2.75) is 25.5 Å². The molecule has 24 heavy (non-hydrogen) atoms. The van der Waals surface area contributed by atoms with E-state index in [4.69, 9.17) is 0 Å². The first-order valence-electron chi connectivity index (χ1n) is 8.14. The number of aliphatic hydroxyl groups is 1. The van der Waals surface area contributed by atoms with Gasteiger partial charge in [0.05, 0.1) is 15.0 Å². The minimum atomic E-state index is -0.275. The number of phenolic OH excluding ortho intramolecular Hbond substituents is 1. The Hall–Kier alpha value is -0.880. The van der Waals surface area contributed by atoms with Crippen LogP contribution in [-0.2, 0) is 13.0 Å². The summed E-state index contributed by atoms with van der Waals surface area (Å²) in [6, 6.07) is 14.3. The lowest BCUT2D eigenvalue weighted by molar-refractivity contribution is 0.0239. The monoisotopic (exact) mass is 453 g/mol. The van der Waals surface area contributed by atoms with Gasteiger partial charge in [-0.15, -0.1) is 0 Å². The molecule has 2 atom stereocenters. The molecule has 0 radical (unpaired) electrons. The summed E-state index contributed by atoms with van der Waals surface area (Å²) in [6.45, 7) is 2.73. The molecule has 0 saturated carbocycles. The van der Waals surface area contributed by atoms with E-state index >= 15 is 0 Å². The number of benzene rings is 2. The van der Waals surface area contributed by atoms with Crippen molar-refractivity contribution in [3.05, 3.63) is 62.5 Å². The number of aliphatic hydroxyl groups excluding tert-OH is 1. The van der Waals surface area contributed by atoms with Crippen molar-refractivity contribution in [1.29, 1.82) is 0 Å². The van der Waals surface area contributed by atoms with E-state index in [1.165, 1.54) is 5.56 Å². The summed E-state index contributed by atoms with van der Waals surface area (Å²) < 4.78 is 1.36. The van der Waals surface area contributed by atoms with E-state index in [1.807, 2.05) is 18.2 Å². The Morgan fingerprint density at radius 3 is 2.38 bits per heavy atom. The summed E-state index contributed by atoms with van der Waals surface area (Å²) in [7, 11) is 0. The second kappa shape index (κ2) is 8.00. The minimum Gasteiger partial charge on any atom is -0.506 e. The number of piperidine rings is 1. The van der Waals surface area contributed by atoms with Gasteiger partial charge in [0.15, 0.2) is 0 Å². The van der Waals surface area contributed by atoms with Crippen LogP contribution in [0.1, 0.15) is 17.5 Å². The van der Waals surface area contributed by atoms with Gasteiger partial charge < -0.3 is 10.2 Å². The van der Waals surface area contributed by atoms with Crippen LogP contribution in [0.4, 0.5) is 0 Å². The molecule has 5 heteroatoms. The maximum absolute atomic E-state index is 10.4. The van der Waals surface area contributed by atoms with Crippen LogP contribution >= 0.6 is 31.9 Å². The highest BCUT2D eigenvalue weighted by atomic mass is 79.9. The third-order valence-corrected chi connectivity index (χ3v) is 5.81. The standard InChI is InChI=1S/C19H21Br2NO2/c20-16-9-14(10-17(21)19(16)24)8-15-12-22(7-6-18(15)23)11-13-4-2-1-3-5-13/h1-5,9-10,15,18,23-24H,6-8,11-12H2. The fraction of sp³-hybridized carbons (Fsp3) is 0.368. The molecule has 3 rings (SSSR count). The third-order valence-electron chi connectivity index (χ3n) is 4.60. The van der Waals surface area contributed by atoms with Crippen molar-refractivity contribution in [3.63, 3.8) is 0 Å². The summed E-state index contributed by atoms with van der Waals surface area (Å²) in [5.74, 6) is 0.416. The van der Waals surface area contributed by atoms with E-state index in [-0.39, 0.29) is 17.8 Å². The van der Waals surface area contributed by atoms with E-state index in [2.05, 4.69) is 61.0 Å². The molecule has 0 bridgehead atoms. The number of phenols is 1. The Morgan fingerprint density at radius 2 is 1.71 bits per heavy atom. The van der Waals surface area contributed by atoms with Gasteiger partial charge in [-0.05, 0) is 68.0 Å². The highest BCUT2D eigenvalue weighted by Gasteiger charge is 2.28. The Bertz CT molecular complexity index is 670. The van der Waals surface area contributed by atoms with Crippen molar-refractivity contribution in [3.8, 4) is 5.75 Å². The largest absolute Gasteiger partial charge is 0.506 e. The van der Waals surface area contributed by atoms with Gasteiger partial charge in [-0.2, -0.15) is 0 Å². The highest BCUT2D eigenvalue weighted by molar-refractivity contribution is 9.11. The van der Waals surface area contributed by atoms with Crippen LogP contribution < -0.4 is 0 Å². The first-order chi connectivity index (χ1) is 11.5. The smallest absolute Gasteiger partial charge is 0.143 e. The Kier molecular flexibility index (Phi) is 5.98. The molecule has 1 aliphatic rings. The summed E-state index contributed by atoms with van der Waals surface area (Å²) >= 11 is 6.76. The summed E-state index contributed by atoms with van der Waals surface area (Å²) in [4.78, 5) is 2.41. The van der Waals surface area contributed by atoms with Crippen LogP contribution in [-0.4, -0.2) is 34.3 Å². The molecular weight excluding hydrogens is 434 g/mol. The zero-order valence-electron chi connectivity index (χ0n) is 13.3. The topological polar surface area (TPSA) is 43.7 Å². The lowest BCUT2D eigenvalue weighted by Gasteiger charge is -2.36. The van der Waals surface area contributed by atoms with Gasteiger partial charge in [-0.1, -0.05) is 30.3 Å². The molecule has 1 aliphatic heterocycles. The molecule has 128 valence electrons. The molecule has 0 aliphatic carbocycles. The molecule has 0 spiro atoms. The van der Waals surface area contributed by atoms with E-state index in [9.17, 15) is 10.2 Å². The van der Waals surface area contributed by atoms with Gasteiger partial charge in [0.1, 0.15) is 5.75 Å². The number of likely N-dealkylation sites (tertiary alicyclic amines) is 1. The van der Waals surface area contributed by atoms with E-state index < -0.39 is 0 Å². The van der Waals surface area contributed by atoms with E-state index in [0.29, 0.717) is 8.95 Å². The quantitative estimate of drug-likeness (QED) is 0.721. The second-order valence-corrected chi connectivity index (χ2v) is 8.16. The van der Waals surface area contributed by atoms with Gasteiger partial charge in [-0.25, -0.2) is 0 Å². The van der Waals surface area contributed by atoms with Crippen LogP contribution in [0.15, 0.2) is 51.4 Å². The fourth-order valence-electron chi connectivity index (χ4n) is 3.32. The predicted molar refractivity (Wildman–Crippen MR) is 103 cm³/mol. The van der Waals surface area contributed by atoms with Gasteiger partial charge in [0, 0.05) is 25.6 Å². The van der Waals surface area contributed by atoms with Crippen LogP contribution in [0, 0.1) is 5.92 Å². The number of halogens is 2. The van der Waals surface area contributed by atoms with Crippen molar-refractivity contribution in [2.24, 2.45) is 5.92 Å². The Morgan fingerprint density at radius 1 is 1.04 bits per heavy atom. The first kappa shape index (κ1) is 17.9. The average Bonchev–Trinajstić information content (AvgIpc) is 2.56. The van der Waals surface area contributed by atoms with Crippen LogP contribution in [0.3, 0.4) is 0 Å². The molecule has 2 N–H and O–H groups in total. The highest BCUT2D eigenvalue weighted by Crippen LogP contribution is 2.34. The van der Waals surface area contributed by atoms with E-state index in [1.54, 1.807) is 0 Å². The maximum Gasteiger partial charge on any atom is 0.143 e. The normalized spacial score (nSPS) is 21.8. The van der Waals surface area contributed by atoms with Gasteiger partial charge in [0.2, 0.25) is 0 Å². The zero-order chi connectivity index (χ0) is 17.1. The first-order valence-corrected chi connectivity index (χ1v) is 9.73. The van der Waals surface area contributed by atoms with Crippen LogP contribution in [0.2, 0.25) is 0 Å². The zero-order valence-corrected chi connectivity index (χ0v) is 16.5. The predicted octanol–water partition coefficient (Wildman–Crippen LogP) is 4.34. The molecule has 2 unspecified atom stereocenters. The summed E-state index contributed by atoms with van der Waals surface area (Å²) in [5.41, 5.74) is 2.42. The number of aromatic hydroxyl groups is 1. The molecule has 3 nitrogen and oxygen atoms in total. The lowest BCUT2D eigenvalue weighted by atomic mass is 9.88. The number of nitrogens with zero attached hydrogens (tertiary/aromatic N) is 1. The maximum atomic E-state index is 10.4. The van der Waals surface area contributed by atoms with Crippen molar-refractivity contribution >= 4 is 31.9 Å². The Labute approximate surface area is 159 Å². The molecule has 1 saturated heterocycles. The van der Waals surface area contributed by atoms with Gasteiger partial charge in [-0.3, -0.25) is 4.90 Å². The molecule has 0 amide bonds. The number of hydrogen-bond donors (Lipinski definition) is 2. The molecule has 0 aromatic heterocycles. The van der Waals surface area contributed by atoms with Gasteiger partial charge >= 0.3 is 0 Å². The Balaban J connectivity index is 1.68. The molecule has 2 aromatic rings. The summed E-state index contributed by atoms with van der Waals surface area (Å²) in [6.07, 6.45) is 1.32. The van der Waals surface area contributed by atoms with Crippen molar-refractivity contribution in [2.75, 3.05) is 13.1 Å². The fourth-order valence-corrected chi connectivity index (χ4v) is 4.60. The molecule has 1 fully saturated rings. The van der Waals surface area contributed by atoms with Crippen molar-refractivity contribution < 1.29 is 10.2 Å². The van der Waals surface area contributed by atoms with Gasteiger partial charge in [0.25, 0.3) is 0 Å². The minimum absolute atomic E-state index is 0.200. The lowest BCUT2D eigenvalue weighted by Crippen LogP contribution is -2.43. The number of hydrogen-bond acceptors (Lipinski definition) is 3. The molecule has 2 aromatic carbocycles. The SMILES string of the molecule is Oc1c(Br)cc(CC2CN(Cc3ccccc3)CCC2O)cc1Br. The number of rotatable bonds is 4. The summed E-state index contributed by atoms with van der Waals surface area (Å²) in [5, 5.41) is 20.3.